The minimum atomic E-state index is 0.322. The molecule has 6 nitrogen and oxygen atoms in total. The summed E-state index contributed by atoms with van der Waals surface area (Å²) < 4.78 is 1.94. The molecule has 2 aliphatic carbocycles. The number of fused-ring (bicyclic) bond motifs is 1. The first-order chi connectivity index (χ1) is 11.3. The van der Waals surface area contributed by atoms with Crippen LogP contribution in [0.1, 0.15) is 61.9 Å². The van der Waals surface area contributed by atoms with Crippen molar-refractivity contribution in [2.45, 2.75) is 50.4 Å². The molecule has 3 heterocycles. The molecular formula is C17H21N5O. The van der Waals surface area contributed by atoms with E-state index in [-0.39, 0.29) is 0 Å². The Kier molecular flexibility index (Phi) is 2.93. The van der Waals surface area contributed by atoms with E-state index in [4.69, 9.17) is 5.10 Å². The fourth-order valence-electron chi connectivity index (χ4n) is 3.62. The Hall–Kier alpha value is -1.98. The molecule has 0 N–H and O–H groups in total. The maximum absolute atomic E-state index is 12.2. The lowest BCUT2D eigenvalue weighted by Gasteiger charge is -2.31. The number of carbonyl (C=O) groups is 1. The SMILES string of the molecule is O=C(C1CC1)N1CCC(c2nnc3ccc(C4CC4)nn23)CC1. The largest absolute Gasteiger partial charge is 0.342 e. The molecule has 2 aromatic heterocycles. The van der Waals surface area contributed by atoms with Crippen molar-refractivity contribution < 1.29 is 4.79 Å². The summed E-state index contributed by atoms with van der Waals surface area (Å²) in [5.74, 6) is 2.65. The van der Waals surface area contributed by atoms with Crippen molar-refractivity contribution in [2.24, 2.45) is 5.92 Å². The number of hydrogen-bond donors (Lipinski definition) is 0. The highest BCUT2D eigenvalue weighted by Crippen LogP contribution is 2.39. The van der Waals surface area contributed by atoms with E-state index in [9.17, 15) is 4.79 Å². The van der Waals surface area contributed by atoms with Crippen molar-refractivity contribution in [2.75, 3.05) is 13.1 Å². The number of carbonyl (C=O) groups excluding carboxylic acids is 1. The number of rotatable bonds is 3. The molecule has 6 heteroatoms. The number of hydrogen-bond acceptors (Lipinski definition) is 4. The maximum atomic E-state index is 12.2. The Bertz CT molecular complexity index is 753. The predicted octanol–water partition coefficient (Wildman–Crippen LogP) is 2.12. The highest BCUT2D eigenvalue weighted by atomic mass is 16.2. The van der Waals surface area contributed by atoms with Crippen LogP contribution >= 0.6 is 0 Å². The highest BCUT2D eigenvalue weighted by Gasteiger charge is 2.36. The van der Waals surface area contributed by atoms with Gasteiger partial charge in [0.2, 0.25) is 5.91 Å². The molecule has 0 aromatic carbocycles. The second-order valence-electron chi connectivity index (χ2n) is 7.23. The molecule has 2 saturated carbocycles. The van der Waals surface area contributed by atoms with Crippen LogP contribution in [0.25, 0.3) is 5.65 Å². The second kappa shape index (κ2) is 5.01. The molecule has 1 aliphatic heterocycles. The van der Waals surface area contributed by atoms with Crippen LogP contribution in [0.4, 0.5) is 0 Å². The third kappa shape index (κ3) is 2.40. The lowest BCUT2D eigenvalue weighted by atomic mass is 9.96. The van der Waals surface area contributed by atoms with Gasteiger partial charge in [-0.25, -0.2) is 0 Å². The molecule has 0 radical (unpaired) electrons. The lowest BCUT2D eigenvalue weighted by Crippen LogP contribution is -2.39. The number of likely N-dealkylation sites (tertiary alicyclic amines) is 1. The van der Waals surface area contributed by atoms with Gasteiger partial charge in [0, 0.05) is 30.8 Å². The summed E-state index contributed by atoms with van der Waals surface area (Å²) >= 11 is 0. The fraction of sp³-hybridized carbons (Fsp3) is 0.647. The van der Waals surface area contributed by atoms with Gasteiger partial charge in [0.1, 0.15) is 0 Å². The topological polar surface area (TPSA) is 63.4 Å². The molecule has 120 valence electrons. The summed E-state index contributed by atoms with van der Waals surface area (Å²) in [5, 5.41) is 13.5. The first-order valence-electron chi connectivity index (χ1n) is 8.80. The van der Waals surface area contributed by atoms with Crippen LogP contribution in [0.3, 0.4) is 0 Å². The van der Waals surface area contributed by atoms with Gasteiger partial charge in [-0.15, -0.1) is 10.2 Å². The zero-order valence-electron chi connectivity index (χ0n) is 13.2. The molecule has 23 heavy (non-hydrogen) atoms. The van der Waals surface area contributed by atoms with Crippen LogP contribution in [0.2, 0.25) is 0 Å². The van der Waals surface area contributed by atoms with E-state index in [0.717, 1.165) is 50.2 Å². The summed E-state index contributed by atoms with van der Waals surface area (Å²) in [6.45, 7) is 1.69. The standard InChI is InChI=1S/C17H21N5O/c23-17(13-3-4-13)21-9-7-12(8-10-21)16-19-18-15-6-5-14(11-1-2-11)20-22(15)16/h5-6,11-13H,1-4,7-10H2. The van der Waals surface area contributed by atoms with Crippen LogP contribution in [-0.2, 0) is 4.79 Å². The van der Waals surface area contributed by atoms with Crippen LogP contribution < -0.4 is 0 Å². The van der Waals surface area contributed by atoms with Crippen molar-refractivity contribution in [1.29, 1.82) is 0 Å². The van der Waals surface area contributed by atoms with Gasteiger partial charge in [-0.2, -0.15) is 9.61 Å². The molecule has 0 spiro atoms. The molecule has 1 amide bonds. The molecular weight excluding hydrogens is 290 g/mol. The molecule has 3 aliphatic rings. The fourth-order valence-corrected chi connectivity index (χ4v) is 3.62. The molecule has 0 unspecified atom stereocenters. The van der Waals surface area contributed by atoms with E-state index in [1.165, 1.54) is 18.5 Å². The Morgan fingerprint density at radius 3 is 2.43 bits per heavy atom. The Morgan fingerprint density at radius 2 is 1.74 bits per heavy atom. The summed E-state index contributed by atoms with van der Waals surface area (Å²) in [5.41, 5.74) is 2.00. The zero-order chi connectivity index (χ0) is 15.4. The van der Waals surface area contributed by atoms with Crippen LogP contribution in [0.5, 0.6) is 0 Å². The van der Waals surface area contributed by atoms with E-state index in [1.807, 2.05) is 15.5 Å². The average Bonchev–Trinajstić information content (AvgIpc) is 3.50. The van der Waals surface area contributed by atoms with E-state index in [1.54, 1.807) is 0 Å². The summed E-state index contributed by atoms with van der Waals surface area (Å²) in [4.78, 5) is 14.2. The molecule has 3 fully saturated rings. The van der Waals surface area contributed by atoms with Crippen LogP contribution in [-0.4, -0.2) is 43.7 Å². The minimum absolute atomic E-state index is 0.322. The Morgan fingerprint density at radius 1 is 0.957 bits per heavy atom. The molecule has 0 atom stereocenters. The van der Waals surface area contributed by atoms with Gasteiger partial charge in [0.25, 0.3) is 0 Å². The summed E-state index contributed by atoms with van der Waals surface area (Å²) in [6, 6.07) is 4.12. The minimum Gasteiger partial charge on any atom is -0.342 e. The van der Waals surface area contributed by atoms with Gasteiger partial charge < -0.3 is 4.90 Å². The number of aromatic nitrogens is 4. The van der Waals surface area contributed by atoms with Gasteiger partial charge in [-0.1, -0.05) is 0 Å². The zero-order valence-corrected chi connectivity index (χ0v) is 13.2. The summed E-state index contributed by atoms with van der Waals surface area (Å²) in [7, 11) is 0. The van der Waals surface area contributed by atoms with Crippen molar-refractivity contribution >= 4 is 11.6 Å². The molecule has 2 aromatic rings. The summed E-state index contributed by atoms with van der Waals surface area (Å²) in [6.07, 6.45) is 6.60. The quantitative estimate of drug-likeness (QED) is 0.871. The van der Waals surface area contributed by atoms with Crippen molar-refractivity contribution in [1.82, 2.24) is 24.7 Å². The molecule has 5 rings (SSSR count). The number of amides is 1. The van der Waals surface area contributed by atoms with E-state index >= 15 is 0 Å². The average molecular weight is 311 g/mol. The van der Waals surface area contributed by atoms with Crippen LogP contribution in [0, 0.1) is 5.92 Å². The first-order valence-corrected chi connectivity index (χ1v) is 8.80. The normalized spacial score (nSPS) is 22.7. The lowest BCUT2D eigenvalue weighted by molar-refractivity contribution is -0.133. The smallest absolute Gasteiger partial charge is 0.225 e. The van der Waals surface area contributed by atoms with Gasteiger partial charge in [0.15, 0.2) is 11.5 Å². The second-order valence-corrected chi connectivity index (χ2v) is 7.23. The molecule has 0 bridgehead atoms. The van der Waals surface area contributed by atoms with Crippen molar-refractivity contribution in [3.63, 3.8) is 0 Å². The molecule has 1 saturated heterocycles. The van der Waals surface area contributed by atoms with Crippen molar-refractivity contribution in [3.8, 4) is 0 Å². The number of piperidine rings is 1. The highest BCUT2D eigenvalue weighted by molar-refractivity contribution is 5.81. The number of nitrogens with zero attached hydrogens (tertiary/aromatic N) is 5. The third-order valence-electron chi connectivity index (χ3n) is 5.40. The van der Waals surface area contributed by atoms with E-state index < -0.39 is 0 Å². The van der Waals surface area contributed by atoms with Gasteiger partial charge in [-0.3, -0.25) is 4.79 Å². The van der Waals surface area contributed by atoms with Crippen LogP contribution in [0.15, 0.2) is 12.1 Å². The van der Waals surface area contributed by atoms with Gasteiger partial charge >= 0.3 is 0 Å². The monoisotopic (exact) mass is 311 g/mol. The van der Waals surface area contributed by atoms with E-state index in [0.29, 0.717) is 23.7 Å². The van der Waals surface area contributed by atoms with E-state index in [2.05, 4.69) is 16.3 Å². The third-order valence-corrected chi connectivity index (χ3v) is 5.40. The first kappa shape index (κ1) is 13.5. The van der Waals surface area contributed by atoms with Crippen molar-refractivity contribution in [3.05, 3.63) is 23.7 Å². The van der Waals surface area contributed by atoms with Gasteiger partial charge in [-0.05, 0) is 50.7 Å². The Balaban J connectivity index is 1.36. The Labute approximate surface area is 134 Å². The van der Waals surface area contributed by atoms with Gasteiger partial charge in [0.05, 0.1) is 5.69 Å². The maximum Gasteiger partial charge on any atom is 0.225 e. The predicted molar refractivity (Wildman–Crippen MR) is 84.0 cm³/mol.